The van der Waals surface area contributed by atoms with Crippen LogP contribution < -0.4 is 10.5 Å². The highest BCUT2D eigenvalue weighted by atomic mass is 16.5. The lowest BCUT2D eigenvalue weighted by Gasteiger charge is -2.11. The number of nitrogen functional groups attached to an aromatic ring is 1. The zero-order valence-corrected chi connectivity index (χ0v) is 12.3. The van der Waals surface area contributed by atoms with Gasteiger partial charge < -0.3 is 15.5 Å². The number of nitrogens with two attached hydrogens (primary N) is 1. The Labute approximate surface area is 119 Å². The normalized spacial score (nSPS) is 10.6. The summed E-state index contributed by atoms with van der Waals surface area (Å²) in [6.07, 6.45) is 0. The number of H-pyrrole nitrogens is 1. The lowest BCUT2D eigenvalue weighted by atomic mass is 10.0. The Bertz CT molecular complexity index is 657. The van der Waals surface area contributed by atoms with E-state index in [9.17, 15) is 4.79 Å². The first kappa shape index (κ1) is 14.2. The molecule has 2 aromatic rings. The maximum Gasteiger partial charge on any atom is 0.215 e. The zero-order chi connectivity index (χ0) is 14.9. The minimum atomic E-state index is -0.125. The summed E-state index contributed by atoms with van der Waals surface area (Å²) in [4.78, 5) is 15.9. The van der Waals surface area contributed by atoms with E-state index in [-0.39, 0.29) is 5.78 Å². The first-order chi connectivity index (χ1) is 9.47. The SMILES string of the molecule is CCOc1cccc(N)c1C(=O)c1[nH]c(C)c(C)c1C. The van der Waals surface area contributed by atoms with Gasteiger partial charge in [0.05, 0.1) is 17.9 Å². The molecule has 106 valence electrons. The molecule has 0 saturated carbocycles. The number of carbonyl (C=O) groups excluding carboxylic acids is 1. The fourth-order valence-electron chi connectivity index (χ4n) is 2.26. The molecule has 0 saturated heterocycles. The van der Waals surface area contributed by atoms with Gasteiger partial charge >= 0.3 is 0 Å². The van der Waals surface area contributed by atoms with Crippen molar-refractivity contribution in [2.24, 2.45) is 0 Å². The van der Waals surface area contributed by atoms with Gasteiger partial charge in [0.15, 0.2) is 0 Å². The fraction of sp³-hybridized carbons (Fsp3) is 0.312. The zero-order valence-electron chi connectivity index (χ0n) is 12.3. The molecule has 20 heavy (non-hydrogen) atoms. The molecule has 0 fully saturated rings. The number of nitrogens with one attached hydrogen (secondary N) is 1. The van der Waals surface area contributed by atoms with Crippen LogP contribution in [0.3, 0.4) is 0 Å². The van der Waals surface area contributed by atoms with Crippen LogP contribution in [-0.2, 0) is 0 Å². The minimum absolute atomic E-state index is 0.125. The number of aromatic amines is 1. The molecule has 0 aliphatic rings. The van der Waals surface area contributed by atoms with E-state index in [2.05, 4.69) is 4.98 Å². The highest BCUT2D eigenvalue weighted by molar-refractivity contribution is 6.13. The second-order valence-corrected chi connectivity index (χ2v) is 4.86. The standard InChI is InChI=1S/C16H20N2O2/c1-5-20-13-8-6-7-12(17)14(13)16(19)15-10(3)9(2)11(4)18-15/h6-8,18H,5,17H2,1-4H3. The van der Waals surface area contributed by atoms with E-state index in [1.54, 1.807) is 18.2 Å². The van der Waals surface area contributed by atoms with Crippen molar-refractivity contribution >= 4 is 11.5 Å². The van der Waals surface area contributed by atoms with Gasteiger partial charge in [-0.05, 0) is 51.0 Å². The molecule has 4 heteroatoms. The summed E-state index contributed by atoms with van der Waals surface area (Å²) >= 11 is 0. The lowest BCUT2D eigenvalue weighted by molar-refractivity contribution is 0.103. The van der Waals surface area contributed by atoms with Crippen molar-refractivity contribution in [2.75, 3.05) is 12.3 Å². The van der Waals surface area contributed by atoms with Gasteiger partial charge in [-0.25, -0.2) is 0 Å². The van der Waals surface area contributed by atoms with E-state index in [1.807, 2.05) is 27.7 Å². The van der Waals surface area contributed by atoms with Gasteiger partial charge in [0.1, 0.15) is 5.75 Å². The number of rotatable bonds is 4. The van der Waals surface area contributed by atoms with E-state index in [4.69, 9.17) is 10.5 Å². The van der Waals surface area contributed by atoms with E-state index >= 15 is 0 Å². The molecule has 0 atom stereocenters. The summed E-state index contributed by atoms with van der Waals surface area (Å²) in [6.45, 7) is 8.26. The van der Waals surface area contributed by atoms with Gasteiger partial charge in [-0.3, -0.25) is 4.79 Å². The first-order valence-corrected chi connectivity index (χ1v) is 6.69. The molecule has 0 aliphatic heterocycles. The lowest BCUT2D eigenvalue weighted by Crippen LogP contribution is -2.10. The summed E-state index contributed by atoms with van der Waals surface area (Å²) in [5.74, 6) is 0.405. The van der Waals surface area contributed by atoms with Crippen LogP contribution in [0.25, 0.3) is 0 Å². The Balaban J connectivity index is 2.56. The Morgan fingerprint density at radius 1 is 1.25 bits per heavy atom. The molecule has 0 aliphatic carbocycles. The molecule has 2 rings (SSSR count). The Morgan fingerprint density at radius 2 is 1.95 bits per heavy atom. The molecule has 1 aromatic heterocycles. The number of benzene rings is 1. The molecule has 3 N–H and O–H groups in total. The Hall–Kier alpha value is -2.23. The molecule has 1 aromatic carbocycles. The van der Waals surface area contributed by atoms with Crippen LogP contribution in [0.4, 0.5) is 5.69 Å². The summed E-state index contributed by atoms with van der Waals surface area (Å²) in [6, 6.07) is 5.27. The molecular formula is C16H20N2O2. The molecule has 0 amide bonds. The second-order valence-electron chi connectivity index (χ2n) is 4.86. The van der Waals surface area contributed by atoms with Crippen LogP contribution in [0.2, 0.25) is 0 Å². The third kappa shape index (κ3) is 2.29. The van der Waals surface area contributed by atoms with Gasteiger partial charge in [-0.1, -0.05) is 6.07 Å². The number of ketones is 1. The van der Waals surface area contributed by atoms with E-state index in [0.717, 1.165) is 16.8 Å². The second kappa shape index (κ2) is 5.41. The Kier molecular flexibility index (Phi) is 3.84. The number of carbonyl (C=O) groups is 1. The van der Waals surface area contributed by atoms with Crippen molar-refractivity contribution < 1.29 is 9.53 Å². The van der Waals surface area contributed by atoms with Crippen LogP contribution in [0.5, 0.6) is 5.75 Å². The topological polar surface area (TPSA) is 68.1 Å². The van der Waals surface area contributed by atoms with Gasteiger partial charge in [0.25, 0.3) is 0 Å². The summed E-state index contributed by atoms with van der Waals surface area (Å²) < 4.78 is 5.52. The van der Waals surface area contributed by atoms with E-state index in [1.165, 1.54) is 0 Å². The van der Waals surface area contributed by atoms with Crippen molar-refractivity contribution in [1.29, 1.82) is 0 Å². The molecule has 1 heterocycles. The number of ether oxygens (including phenoxy) is 1. The van der Waals surface area contributed by atoms with Gasteiger partial charge in [-0.2, -0.15) is 0 Å². The highest BCUT2D eigenvalue weighted by Gasteiger charge is 2.22. The maximum atomic E-state index is 12.8. The van der Waals surface area contributed by atoms with E-state index in [0.29, 0.717) is 29.3 Å². The fourth-order valence-corrected chi connectivity index (χ4v) is 2.26. The minimum Gasteiger partial charge on any atom is -0.493 e. The van der Waals surface area contributed by atoms with Crippen molar-refractivity contribution in [1.82, 2.24) is 4.98 Å². The van der Waals surface area contributed by atoms with Crippen LogP contribution in [0.1, 0.15) is 39.8 Å². The summed E-state index contributed by atoms with van der Waals surface area (Å²) in [5.41, 5.74) is 10.5. The smallest absolute Gasteiger partial charge is 0.215 e. The number of aromatic nitrogens is 1. The summed E-state index contributed by atoms with van der Waals surface area (Å²) in [5, 5.41) is 0. The number of hydrogen-bond donors (Lipinski definition) is 2. The molecular weight excluding hydrogens is 252 g/mol. The molecule has 0 bridgehead atoms. The van der Waals surface area contributed by atoms with Gasteiger partial charge in [-0.15, -0.1) is 0 Å². The van der Waals surface area contributed by atoms with Crippen molar-refractivity contribution in [3.63, 3.8) is 0 Å². The predicted molar refractivity (Wildman–Crippen MR) is 80.5 cm³/mol. The third-order valence-corrected chi connectivity index (χ3v) is 3.62. The highest BCUT2D eigenvalue weighted by Crippen LogP contribution is 2.29. The summed E-state index contributed by atoms with van der Waals surface area (Å²) in [7, 11) is 0. The largest absolute Gasteiger partial charge is 0.493 e. The molecule has 0 radical (unpaired) electrons. The quantitative estimate of drug-likeness (QED) is 0.663. The molecule has 4 nitrogen and oxygen atoms in total. The number of hydrogen-bond acceptors (Lipinski definition) is 3. The average Bonchev–Trinajstić information content (AvgIpc) is 2.66. The van der Waals surface area contributed by atoms with Crippen molar-refractivity contribution in [2.45, 2.75) is 27.7 Å². The molecule has 0 unspecified atom stereocenters. The van der Waals surface area contributed by atoms with Crippen LogP contribution in [0, 0.1) is 20.8 Å². The van der Waals surface area contributed by atoms with Crippen LogP contribution >= 0.6 is 0 Å². The monoisotopic (exact) mass is 272 g/mol. The molecule has 0 spiro atoms. The van der Waals surface area contributed by atoms with Crippen LogP contribution in [-0.4, -0.2) is 17.4 Å². The van der Waals surface area contributed by atoms with E-state index < -0.39 is 0 Å². The predicted octanol–water partition coefficient (Wildman–Crippen LogP) is 3.15. The van der Waals surface area contributed by atoms with Crippen LogP contribution in [0.15, 0.2) is 18.2 Å². The third-order valence-electron chi connectivity index (χ3n) is 3.62. The van der Waals surface area contributed by atoms with Crippen molar-refractivity contribution in [3.8, 4) is 5.75 Å². The van der Waals surface area contributed by atoms with Crippen molar-refractivity contribution in [3.05, 3.63) is 46.3 Å². The van der Waals surface area contributed by atoms with Gasteiger partial charge in [0.2, 0.25) is 5.78 Å². The number of anilines is 1. The van der Waals surface area contributed by atoms with Gasteiger partial charge in [0, 0.05) is 11.4 Å². The maximum absolute atomic E-state index is 12.8. The Morgan fingerprint density at radius 3 is 2.50 bits per heavy atom. The average molecular weight is 272 g/mol. The number of aryl methyl sites for hydroxylation is 1. The first-order valence-electron chi connectivity index (χ1n) is 6.69.